The van der Waals surface area contributed by atoms with E-state index in [9.17, 15) is 0 Å². The molecule has 6 rings (SSSR count). The number of ether oxygens (including phenoxy) is 5. The molecule has 2 heterocycles. The van der Waals surface area contributed by atoms with Crippen molar-refractivity contribution in [2.45, 2.75) is 49.8 Å². The van der Waals surface area contributed by atoms with Gasteiger partial charge in [-0.15, -0.1) is 0 Å². The summed E-state index contributed by atoms with van der Waals surface area (Å²) in [5.41, 5.74) is 3.25. The van der Waals surface area contributed by atoms with E-state index in [4.69, 9.17) is 23.7 Å². The fourth-order valence-corrected chi connectivity index (χ4v) is 5.72. The summed E-state index contributed by atoms with van der Waals surface area (Å²) in [6, 6.07) is 41.0. The lowest BCUT2D eigenvalue weighted by molar-refractivity contribution is -0.271. The molecule has 2 aliphatic heterocycles. The van der Waals surface area contributed by atoms with Crippen LogP contribution in [0.1, 0.15) is 36.1 Å². The maximum absolute atomic E-state index is 7.10. The van der Waals surface area contributed by atoms with E-state index in [-0.39, 0.29) is 12.7 Å². The quantitative estimate of drug-likeness (QED) is 0.236. The first-order valence-corrected chi connectivity index (χ1v) is 13.5. The van der Waals surface area contributed by atoms with Crippen molar-refractivity contribution in [3.05, 3.63) is 144 Å². The van der Waals surface area contributed by atoms with E-state index in [1.54, 1.807) is 0 Å². The molecule has 0 N–H and O–H groups in total. The van der Waals surface area contributed by atoms with Crippen molar-refractivity contribution < 1.29 is 23.7 Å². The molecular weight excluding hydrogens is 488 g/mol. The third kappa shape index (κ3) is 5.05. The van der Waals surface area contributed by atoms with Crippen molar-refractivity contribution in [1.29, 1.82) is 0 Å². The first-order valence-electron chi connectivity index (χ1n) is 13.5. The van der Waals surface area contributed by atoms with Gasteiger partial charge in [-0.3, -0.25) is 0 Å². The Balaban J connectivity index is 1.35. The van der Waals surface area contributed by atoms with Crippen LogP contribution in [0.3, 0.4) is 0 Å². The average Bonchev–Trinajstić information content (AvgIpc) is 3.44. The lowest BCUT2D eigenvalue weighted by Crippen LogP contribution is -2.48. The van der Waals surface area contributed by atoms with Crippen molar-refractivity contribution in [2.24, 2.45) is 0 Å². The van der Waals surface area contributed by atoms with Gasteiger partial charge in [0.15, 0.2) is 5.79 Å². The summed E-state index contributed by atoms with van der Waals surface area (Å²) in [6.45, 7) is 4.78. The number of benzene rings is 4. The van der Waals surface area contributed by atoms with Crippen LogP contribution < -0.4 is 0 Å². The van der Waals surface area contributed by atoms with Crippen LogP contribution in [0.25, 0.3) is 0 Å². The highest BCUT2D eigenvalue weighted by Crippen LogP contribution is 2.47. The second-order valence-electron chi connectivity index (χ2n) is 10.6. The Labute approximate surface area is 230 Å². The number of hydrogen-bond acceptors (Lipinski definition) is 5. The molecule has 0 aromatic heterocycles. The molecule has 4 aromatic carbocycles. The normalized spacial score (nSPS) is 23.9. The SMILES string of the molecule is CC1(C)O[C@H]2[C@@H](OCc3ccccc3)CO[C@@]2(COC(c2ccccc2)(c2ccccc2)c2ccccc2)O1. The smallest absolute Gasteiger partial charge is 0.224 e. The van der Waals surface area contributed by atoms with Crippen LogP contribution in [0.4, 0.5) is 0 Å². The minimum atomic E-state index is -1.12. The Morgan fingerprint density at radius 1 is 0.718 bits per heavy atom. The average molecular weight is 523 g/mol. The molecule has 3 atom stereocenters. The van der Waals surface area contributed by atoms with Gasteiger partial charge in [0.1, 0.15) is 24.4 Å². The second kappa shape index (κ2) is 10.7. The summed E-state index contributed by atoms with van der Waals surface area (Å²) in [5.74, 6) is -1.97. The maximum Gasteiger partial charge on any atom is 0.224 e. The Bertz CT molecular complexity index is 1250. The van der Waals surface area contributed by atoms with Gasteiger partial charge in [0.05, 0.1) is 13.2 Å². The van der Waals surface area contributed by atoms with E-state index in [0.29, 0.717) is 13.2 Å². The summed E-state index contributed by atoms with van der Waals surface area (Å²) in [5, 5.41) is 0. The van der Waals surface area contributed by atoms with Gasteiger partial charge in [0.25, 0.3) is 0 Å². The first kappa shape index (κ1) is 25.9. The van der Waals surface area contributed by atoms with E-state index < -0.39 is 23.3 Å². The predicted molar refractivity (Wildman–Crippen MR) is 149 cm³/mol. The zero-order valence-electron chi connectivity index (χ0n) is 22.4. The molecule has 0 bridgehead atoms. The summed E-state index contributed by atoms with van der Waals surface area (Å²) < 4.78 is 32.7. The molecule has 4 aromatic rings. The summed E-state index contributed by atoms with van der Waals surface area (Å²) >= 11 is 0. The molecule has 0 amide bonds. The highest BCUT2D eigenvalue weighted by Gasteiger charge is 2.63. The van der Waals surface area contributed by atoms with Crippen LogP contribution in [-0.2, 0) is 35.9 Å². The largest absolute Gasteiger partial charge is 0.368 e. The molecule has 0 spiro atoms. The van der Waals surface area contributed by atoms with Gasteiger partial charge in [-0.25, -0.2) is 0 Å². The van der Waals surface area contributed by atoms with Gasteiger partial charge in [0.2, 0.25) is 5.79 Å². The molecule has 2 fully saturated rings. The third-order valence-corrected chi connectivity index (χ3v) is 7.43. The van der Waals surface area contributed by atoms with Gasteiger partial charge < -0.3 is 23.7 Å². The Kier molecular flexibility index (Phi) is 7.10. The lowest BCUT2D eigenvalue weighted by Gasteiger charge is -2.39. The minimum Gasteiger partial charge on any atom is -0.368 e. The van der Waals surface area contributed by atoms with E-state index in [1.165, 1.54) is 0 Å². The number of fused-ring (bicyclic) bond motifs is 1. The predicted octanol–water partition coefficient (Wildman–Crippen LogP) is 6.46. The molecule has 2 saturated heterocycles. The van der Waals surface area contributed by atoms with Crippen LogP contribution in [-0.4, -0.2) is 37.0 Å². The Hall–Kier alpha value is -3.32. The maximum atomic E-state index is 7.10. The van der Waals surface area contributed by atoms with E-state index in [1.807, 2.05) is 86.6 Å². The molecule has 200 valence electrons. The topological polar surface area (TPSA) is 46.2 Å². The molecule has 0 aliphatic carbocycles. The zero-order valence-corrected chi connectivity index (χ0v) is 22.4. The van der Waals surface area contributed by atoms with Gasteiger partial charge in [0, 0.05) is 0 Å². The van der Waals surface area contributed by atoms with Gasteiger partial charge in [-0.1, -0.05) is 121 Å². The van der Waals surface area contributed by atoms with Crippen LogP contribution >= 0.6 is 0 Å². The number of hydrogen-bond donors (Lipinski definition) is 0. The van der Waals surface area contributed by atoms with E-state index >= 15 is 0 Å². The van der Waals surface area contributed by atoms with Crippen LogP contribution in [0.2, 0.25) is 0 Å². The molecule has 5 heteroatoms. The third-order valence-electron chi connectivity index (χ3n) is 7.43. The Morgan fingerprint density at radius 2 is 1.21 bits per heavy atom. The minimum absolute atomic E-state index is 0.144. The van der Waals surface area contributed by atoms with Crippen LogP contribution in [0, 0.1) is 0 Å². The molecule has 0 unspecified atom stereocenters. The molecule has 2 aliphatic rings. The standard InChI is InChI=1S/C34H34O5/c1-32(2)38-31-30(35-23-26-15-7-3-8-16-26)24-36-33(31,39-32)25-37-34(27-17-9-4-10-18-27,28-19-11-5-12-20-28)29-21-13-6-14-22-29/h3-22,30-31H,23-25H2,1-2H3/t30-,31-,33-/m0/s1. The van der Waals surface area contributed by atoms with Crippen molar-refractivity contribution in [1.82, 2.24) is 0 Å². The van der Waals surface area contributed by atoms with Crippen molar-refractivity contribution in [3.63, 3.8) is 0 Å². The first-order chi connectivity index (χ1) is 19.0. The summed E-state index contributed by atoms with van der Waals surface area (Å²) in [6.07, 6.45) is -0.744. The van der Waals surface area contributed by atoms with Crippen LogP contribution in [0.5, 0.6) is 0 Å². The monoisotopic (exact) mass is 522 g/mol. The molecule has 5 nitrogen and oxygen atoms in total. The fourth-order valence-electron chi connectivity index (χ4n) is 5.72. The number of rotatable bonds is 9. The lowest BCUT2D eigenvalue weighted by atomic mass is 9.80. The van der Waals surface area contributed by atoms with Crippen molar-refractivity contribution in [3.8, 4) is 0 Å². The highest BCUT2D eigenvalue weighted by atomic mass is 16.9. The molecule has 0 radical (unpaired) electrons. The van der Waals surface area contributed by atoms with Crippen molar-refractivity contribution in [2.75, 3.05) is 13.2 Å². The fraction of sp³-hybridized carbons (Fsp3) is 0.294. The Morgan fingerprint density at radius 3 is 1.72 bits per heavy atom. The molecule has 39 heavy (non-hydrogen) atoms. The zero-order chi connectivity index (χ0) is 26.8. The van der Waals surface area contributed by atoms with Gasteiger partial charge in [-0.05, 0) is 36.1 Å². The van der Waals surface area contributed by atoms with Crippen molar-refractivity contribution >= 4 is 0 Å². The summed E-state index contributed by atoms with van der Waals surface area (Å²) in [4.78, 5) is 0. The molecular formula is C34H34O5. The highest BCUT2D eigenvalue weighted by molar-refractivity contribution is 5.47. The van der Waals surface area contributed by atoms with E-state index in [2.05, 4.69) is 48.5 Å². The van der Waals surface area contributed by atoms with Gasteiger partial charge in [-0.2, -0.15) is 0 Å². The van der Waals surface area contributed by atoms with Crippen LogP contribution in [0.15, 0.2) is 121 Å². The molecule has 0 saturated carbocycles. The van der Waals surface area contributed by atoms with Gasteiger partial charge >= 0.3 is 0 Å². The second-order valence-corrected chi connectivity index (χ2v) is 10.6. The van der Waals surface area contributed by atoms with E-state index in [0.717, 1.165) is 22.3 Å². The summed E-state index contributed by atoms with van der Waals surface area (Å²) in [7, 11) is 0.